The predicted octanol–water partition coefficient (Wildman–Crippen LogP) is 13.2. The molecule has 0 bridgehead atoms. The molecule has 0 amide bonds. The summed E-state index contributed by atoms with van der Waals surface area (Å²) in [5.74, 6) is 0.702. The van der Waals surface area contributed by atoms with Gasteiger partial charge in [0, 0.05) is 28.6 Å². The molecular formula is C54H37N3. The Hall–Kier alpha value is -7.23. The summed E-state index contributed by atoms with van der Waals surface area (Å²) in [5.41, 5.74) is 21.5. The summed E-state index contributed by atoms with van der Waals surface area (Å²) >= 11 is 0. The average Bonchev–Trinajstić information content (AvgIpc) is 3.74. The molecule has 0 fully saturated rings. The van der Waals surface area contributed by atoms with Crippen LogP contribution in [0.1, 0.15) is 33.5 Å². The molecule has 1 spiro atoms. The van der Waals surface area contributed by atoms with Crippen molar-refractivity contribution >= 4 is 0 Å². The summed E-state index contributed by atoms with van der Waals surface area (Å²) in [4.78, 5) is 15.3. The van der Waals surface area contributed by atoms with E-state index < -0.39 is 5.41 Å². The zero-order valence-corrected chi connectivity index (χ0v) is 31.7. The molecule has 3 heteroatoms. The lowest BCUT2D eigenvalue weighted by molar-refractivity contribution is 0.794. The number of nitrogens with zero attached hydrogens (tertiary/aromatic N) is 3. The van der Waals surface area contributed by atoms with Crippen molar-refractivity contribution < 1.29 is 0 Å². The molecule has 2 aliphatic carbocycles. The highest BCUT2D eigenvalue weighted by Gasteiger charge is 2.51. The van der Waals surface area contributed by atoms with E-state index in [1.165, 1.54) is 61.2 Å². The van der Waals surface area contributed by atoms with Crippen molar-refractivity contribution in [2.24, 2.45) is 0 Å². The van der Waals surface area contributed by atoms with Crippen LogP contribution in [-0.4, -0.2) is 15.0 Å². The second-order valence-electron chi connectivity index (χ2n) is 15.2. The molecule has 0 aliphatic heterocycles. The zero-order valence-electron chi connectivity index (χ0n) is 31.7. The van der Waals surface area contributed by atoms with E-state index in [0.29, 0.717) is 5.82 Å². The molecule has 3 nitrogen and oxygen atoms in total. The average molecular weight is 728 g/mol. The highest BCUT2D eigenvalue weighted by atomic mass is 14.9. The smallest absolute Gasteiger partial charge is 0.160 e. The summed E-state index contributed by atoms with van der Waals surface area (Å²) in [5, 5.41) is 0. The predicted molar refractivity (Wildman–Crippen MR) is 233 cm³/mol. The quantitative estimate of drug-likeness (QED) is 0.177. The lowest BCUT2D eigenvalue weighted by Crippen LogP contribution is -2.25. The van der Waals surface area contributed by atoms with Crippen molar-refractivity contribution in [3.8, 4) is 78.4 Å². The molecule has 268 valence electrons. The fraction of sp³-hybridized carbons (Fsp3) is 0.0556. The number of hydrogen-bond acceptors (Lipinski definition) is 3. The Morgan fingerprint density at radius 3 is 1.65 bits per heavy atom. The highest BCUT2D eigenvalue weighted by molar-refractivity contribution is 5.97. The van der Waals surface area contributed by atoms with Crippen molar-refractivity contribution in [1.82, 2.24) is 15.0 Å². The second-order valence-corrected chi connectivity index (χ2v) is 15.2. The minimum atomic E-state index is -0.505. The minimum Gasteiger partial charge on any atom is -0.261 e. The van der Waals surface area contributed by atoms with E-state index in [-0.39, 0.29) is 0 Å². The van der Waals surface area contributed by atoms with E-state index in [0.717, 1.165) is 44.9 Å². The SMILES string of the molecule is Cc1cc(-c2ccc3c(c2)-c2ccccc2C32c3ccccc3-c3ccc(-c4nc(-c5ccccc5)cc(-c5ccccc5-c5ccccc5)n4)cc32)c(C)cn1. The van der Waals surface area contributed by atoms with Crippen molar-refractivity contribution in [3.05, 3.63) is 222 Å². The van der Waals surface area contributed by atoms with Gasteiger partial charge in [0.2, 0.25) is 0 Å². The molecule has 11 rings (SSSR count). The fourth-order valence-corrected chi connectivity index (χ4v) is 9.44. The van der Waals surface area contributed by atoms with Gasteiger partial charge in [-0.25, -0.2) is 9.97 Å². The Balaban J connectivity index is 1.15. The molecule has 2 aliphatic rings. The van der Waals surface area contributed by atoms with Gasteiger partial charge < -0.3 is 0 Å². The van der Waals surface area contributed by atoms with E-state index in [2.05, 4.69) is 195 Å². The first-order valence-electron chi connectivity index (χ1n) is 19.6. The maximum Gasteiger partial charge on any atom is 0.160 e. The molecule has 0 saturated carbocycles. The molecule has 57 heavy (non-hydrogen) atoms. The standard InChI is InChI=1S/C54H37N3/c1-34-33-55-35(2)29-45(34)38-26-28-49-46(30-38)42-21-12-14-24-48(42)54(49)47-23-13-11-20-41(47)43-27-25-39(31-50(43)54)53-56-51(37-17-7-4-8-18-37)32-52(57-53)44-22-10-9-19-40(44)36-15-5-3-6-16-36/h3-33H,1-2H3. The van der Waals surface area contributed by atoms with E-state index in [9.17, 15) is 0 Å². The minimum absolute atomic E-state index is 0.505. The van der Waals surface area contributed by atoms with Gasteiger partial charge in [-0.3, -0.25) is 4.98 Å². The van der Waals surface area contributed by atoms with Crippen LogP contribution in [0.4, 0.5) is 0 Å². The summed E-state index contributed by atoms with van der Waals surface area (Å²) < 4.78 is 0. The first kappa shape index (κ1) is 33.1. The van der Waals surface area contributed by atoms with Crippen LogP contribution in [0.2, 0.25) is 0 Å². The fourth-order valence-electron chi connectivity index (χ4n) is 9.44. The van der Waals surface area contributed by atoms with Crippen LogP contribution in [-0.2, 0) is 5.41 Å². The maximum atomic E-state index is 5.41. The monoisotopic (exact) mass is 727 g/mol. The van der Waals surface area contributed by atoms with Crippen LogP contribution in [0.25, 0.3) is 78.4 Å². The molecule has 7 aromatic carbocycles. The van der Waals surface area contributed by atoms with Crippen molar-refractivity contribution in [1.29, 1.82) is 0 Å². The highest BCUT2D eigenvalue weighted by Crippen LogP contribution is 2.63. The lowest BCUT2D eigenvalue weighted by Gasteiger charge is -2.30. The zero-order chi connectivity index (χ0) is 38.1. The molecule has 9 aromatic rings. The largest absolute Gasteiger partial charge is 0.261 e. The van der Waals surface area contributed by atoms with Crippen LogP contribution in [0, 0.1) is 13.8 Å². The molecule has 0 saturated heterocycles. The van der Waals surface area contributed by atoms with Crippen molar-refractivity contribution in [3.63, 3.8) is 0 Å². The molecule has 1 unspecified atom stereocenters. The Labute approximate surface area is 333 Å². The van der Waals surface area contributed by atoms with Gasteiger partial charge in [0.25, 0.3) is 0 Å². The van der Waals surface area contributed by atoms with Gasteiger partial charge in [0.05, 0.1) is 16.8 Å². The molecule has 2 aromatic heterocycles. The Kier molecular flexibility index (Phi) is 7.52. The topological polar surface area (TPSA) is 38.7 Å². The summed E-state index contributed by atoms with van der Waals surface area (Å²) in [6, 6.07) is 65.8. The number of pyridine rings is 1. The number of aromatic nitrogens is 3. The summed E-state index contributed by atoms with van der Waals surface area (Å²) in [7, 11) is 0. The maximum absolute atomic E-state index is 5.41. The van der Waals surface area contributed by atoms with Crippen LogP contribution in [0.15, 0.2) is 188 Å². The summed E-state index contributed by atoms with van der Waals surface area (Å²) in [6.45, 7) is 4.21. The number of hydrogen-bond donors (Lipinski definition) is 0. The van der Waals surface area contributed by atoms with Crippen molar-refractivity contribution in [2.45, 2.75) is 19.3 Å². The van der Waals surface area contributed by atoms with Gasteiger partial charge >= 0.3 is 0 Å². The third-order valence-corrected chi connectivity index (χ3v) is 12.0. The number of rotatable bonds is 5. The van der Waals surface area contributed by atoms with Gasteiger partial charge in [0.1, 0.15) is 0 Å². The third kappa shape index (κ3) is 5.09. The van der Waals surface area contributed by atoms with Gasteiger partial charge in [-0.05, 0) is 110 Å². The Morgan fingerprint density at radius 2 is 0.912 bits per heavy atom. The molecule has 1 atom stereocenters. The van der Waals surface area contributed by atoms with E-state index in [1.807, 2.05) is 12.3 Å². The van der Waals surface area contributed by atoms with Crippen molar-refractivity contribution in [2.75, 3.05) is 0 Å². The van der Waals surface area contributed by atoms with Gasteiger partial charge in [-0.2, -0.15) is 0 Å². The third-order valence-electron chi connectivity index (χ3n) is 12.0. The Bertz CT molecular complexity index is 3040. The Morgan fingerprint density at radius 1 is 0.351 bits per heavy atom. The van der Waals surface area contributed by atoms with E-state index in [4.69, 9.17) is 9.97 Å². The first-order valence-corrected chi connectivity index (χ1v) is 19.6. The molecule has 2 heterocycles. The van der Waals surface area contributed by atoms with Crippen LogP contribution in [0.5, 0.6) is 0 Å². The number of aryl methyl sites for hydroxylation is 2. The molecule has 0 radical (unpaired) electrons. The first-order chi connectivity index (χ1) is 28.1. The van der Waals surface area contributed by atoms with Gasteiger partial charge in [-0.1, -0.05) is 158 Å². The molecule has 0 N–H and O–H groups in total. The van der Waals surface area contributed by atoms with Crippen LogP contribution in [0.3, 0.4) is 0 Å². The van der Waals surface area contributed by atoms with E-state index in [1.54, 1.807) is 0 Å². The number of benzene rings is 7. The van der Waals surface area contributed by atoms with Crippen LogP contribution >= 0.6 is 0 Å². The lowest BCUT2D eigenvalue weighted by atomic mass is 9.70. The van der Waals surface area contributed by atoms with Crippen LogP contribution < -0.4 is 0 Å². The van der Waals surface area contributed by atoms with Gasteiger partial charge in [0.15, 0.2) is 5.82 Å². The second kappa shape index (κ2) is 12.9. The number of fused-ring (bicyclic) bond motifs is 10. The molecular weight excluding hydrogens is 691 g/mol. The summed E-state index contributed by atoms with van der Waals surface area (Å²) in [6.07, 6.45) is 1.98. The normalized spacial score (nSPS) is 14.6. The van der Waals surface area contributed by atoms with E-state index >= 15 is 0 Å². The van der Waals surface area contributed by atoms with Gasteiger partial charge in [-0.15, -0.1) is 0 Å².